The van der Waals surface area contributed by atoms with E-state index in [-0.39, 0.29) is 29.7 Å². The maximum atomic E-state index is 12.6. The van der Waals surface area contributed by atoms with Gasteiger partial charge in [-0.15, -0.1) is 0 Å². The van der Waals surface area contributed by atoms with Crippen LogP contribution in [0.5, 0.6) is 0 Å². The molecule has 0 amide bonds. The Balaban J connectivity index is 2.08. The van der Waals surface area contributed by atoms with Crippen molar-refractivity contribution in [3.63, 3.8) is 0 Å². The lowest BCUT2D eigenvalue weighted by molar-refractivity contribution is 0.0519. The van der Waals surface area contributed by atoms with Crippen molar-refractivity contribution < 1.29 is 14.3 Å². The van der Waals surface area contributed by atoms with Crippen LogP contribution in [0.25, 0.3) is 11.0 Å². The van der Waals surface area contributed by atoms with E-state index in [1.54, 1.807) is 38.6 Å². The molecule has 24 heavy (non-hydrogen) atoms. The van der Waals surface area contributed by atoms with Crippen LogP contribution in [0, 0.1) is 0 Å². The zero-order valence-corrected chi connectivity index (χ0v) is 14.0. The Bertz CT molecular complexity index is 791. The number of carbonyl (C=O) groups excluding carboxylic acids is 1. The fraction of sp³-hybridized carbons (Fsp3) is 0.500. The van der Waals surface area contributed by atoms with Crippen LogP contribution in [0.15, 0.2) is 29.3 Å². The number of fused-ring (bicyclic) bond motifs is 1. The molecule has 0 spiro atoms. The first-order chi connectivity index (χ1) is 11.7. The average Bonchev–Trinajstić information content (AvgIpc) is 2.62. The molecule has 2 heterocycles. The summed E-state index contributed by atoms with van der Waals surface area (Å²) in [6, 6.07) is 3.62. The number of carbonyl (C=O) groups is 1. The molecule has 128 valence electrons. The van der Waals surface area contributed by atoms with Gasteiger partial charge in [0.15, 0.2) is 0 Å². The Kier molecular flexibility index (Phi) is 4.94. The monoisotopic (exact) mass is 330 g/mol. The van der Waals surface area contributed by atoms with Gasteiger partial charge in [-0.1, -0.05) is 0 Å². The molecule has 1 saturated carbocycles. The minimum absolute atomic E-state index is 0.0752. The van der Waals surface area contributed by atoms with Crippen LogP contribution in [0.3, 0.4) is 0 Å². The summed E-state index contributed by atoms with van der Waals surface area (Å²) in [5, 5.41) is 0.455. The highest BCUT2D eigenvalue weighted by Gasteiger charge is 2.25. The van der Waals surface area contributed by atoms with Gasteiger partial charge < -0.3 is 14.0 Å². The van der Waals surface area contributed by atoms with Gasteiger partial charge in [0.2, 0.25) is 5.43 Å². The largest absolute Gasteiger partial charge is 0.462 e. The van der Waals surface area contributed by atoms with E-state index in [2.05, 4.69) is 4.98 Å². The molecule has 0 unspecified atom stereocenters. The van der Waals surface area contributed by atoms with E-state index in [1.165, 1.54) is 0 Å². The number of hydrogen-bond acceptors (Lipinski definition) is 5. The van der Waals surface area contributed by atoms with Crippen molar-refractivity contribution in [3.8, 4) is 0 Å². The predicted molar refractivity (Wildman–Crippen MR) is 90.3 cm³/mol. The molecule has 0 atom stereocenters. The Morgan fingerprint density at radius 2 is 2.08 bits per heavy atom. The molecule has 0 N–H and O–H groups in total. The molecule has 0 radical (unpaired) electrons. The van der Waals surface area contributed by atoms with Crippen molar-refractivity contribution in [1.29, 1.82) is 0 Å². The molecule has 0 saturated heterocycles. The Morgan fingerprint density at radius 1 is 1.33 bits per heavy atom. The molecular formula is C18H22N2O4. The molecule has 6 nitrogen and oxygen atoms in total. The second-order valence-electron chi connectivity index (χ2n) is 6.04. The van der Waals surface area contributed by atoms with Crippen molar-refractivity contribution in [2.45, 2.75) is 44.8 Å². The molecule has 3 rings (SSSR count). The van der Waals surface area contributed by atoms with Crippen LogP contribution in [-0.4, -0.2) is 35.3 Å². The van der Waals surface area contributed by atoms with Gasteiger partial charge in [0.1, 0.15) is 11.2 Å². The summed E-state index contributed by atoms with van der Waals surface area (Å²) in [5.74, 6) is -0.576. The van der Waals surface area contributed by atoms with Crippen LogP contribution in [0.4, 0.5) is 0 Å². The molecule has 6 heteroatoms. The Labute approximate surface area is 140 Å². The van der Waals surface area contributed by atoms with Crippen molar-refractivity contribution >= 4 is 17.0 Å². The van der Waals surface area contributed by atoms with Gasteiger partial charge in [0, 0.05) is 25.5 Å². The highest BCUT2D eigenvalue weighted by molar-refractivity contribution is 5.93. The lowest BCUT2D eigenvalue weighted by Crippen LogP contribution is -2.27. The number of nitrogens with zero attached hydrogens (tertiary/aromatic N) is 2. The van der Waals surface area contributed by atoms with Gasteiger partial charge in [0.05, 0.1) is 18.1 Å². The van der Waals surface area contributed by atoms with Gasteiger partial charge >= 0.3 is 5.97 Å². The van der Waals surface area contributed by atoms with E-state index in [0.29, 0.717) is 11.0 Å². The third kappa shape index (κ3) is 3.06. The highest BCUT2D eigenvalue weighted by Crippen LogP contribution is 2.31. The third-order valence-electron chi connectivity index (χ3n) is 4.65. The van der Waals surface area contributed by atoms with Crippen LogP contribution in [0.2, 0.25) is 0 Å². The lowest BCUT2D eigenvalue weighted by Gasteiger charge is -2.30. The summed E-state index contributed by atoms with van der Waals surface area (Å²) in [5.41, 5.74) is 0.376. The van der Waals surface area contributed by atoms with Gasteiger partial charge in [-0.2, -0.15) is 0 Å². The van der Waals surface area contributed by atoms with E-state index >= 15 is 0 Å². The van der Waals surface area contributed by atoms with Crippen molar-refractivity contribution in [2.75, 3.05) is 13.7 Å². The highest BCUT2D eigenvalue weighted by atomic mass is 16.5. The van der Waals surface area contributed by atoms with Gasteiger partial charge in [-0.25, -0.2) is 9.78 Å². The number of pyridine rings is 2. The first-order valence-corrected chi connectivity index (χ1v) is 8.35. The summed E-state index contributed by atoms with van der Waals surface area (Å²) in [6.45, 7) is 1.97. The zero-order chi connectivity index (χ0) is 17.1. The van der Waals surface area contributed by atoms with Crippen LogP contribution < -0.4 is 5.43 Å². The molecule has 2 aromatic rings. The lowest BCUT2D eigenvalue weighted by atomic mass is 9.92. The summed E-state index contributed by atoms with van der Waals surface area (Å²) >= 11 is 0. The number of ether oxygens (including phenoxy) is 2. The van der Waals surface area contributed by atoms with Crippen LogP contribution in [0.1, 0.15) is 49.0 Å². The quantitative estimate of drug-likeness (QED) is 0.806. The smallest absolute Gasteiger partial charge is 0.343 e. The number of esters is 1. The van der Waals surface area contributed by atoms with Crippen LogP contribution >= 0.6 is 0 Å². The van der Waals surface area contributed by atoms with Crippen molar-refractivity contribution in [3.05, 3.63) is 40.3 Å². The second-order valence-corrected chi connectivity index (χ2v) is 6.04. The first kappa shape index (κ1) is 16.6. The molecule has 0 aliphatic heterocycles. The van der Waals surface area contributed by atoms with Crippen molar-refractivity contribution in [2.24, 2.45) is 0 Å². The van der Waals surface area contributed by atoms with Gasteiger partial charge in [-0.05, 0) is 44.7 Å². The summed E-state index contributed by atoms with van der Waals surface area (Å²) in [6.07, 6.45) is 7.33. The topological polar surface area (TPSA) is 70.4 Å². The summed E-state index contributed by atoms with van der Waals surface area (Å²) in [7, 11) is 1.74. The average molecular weight is 330 g/mol. The Morgan fingerprint density at radius 3 is 2.75 bits per heavy atom. The van der Waals surface area contributed by atoms with Gasteiger partial charge in [-0.3, -0.25) is 4.79 Å². The molecule has 1 fully saturated rings. The fourth-order valence-corrected chi connectivity index (χ4v) is 3.38. The molecule has 0 aromatic carbocycles. The molecule has 1 aliphatic carbocycles. The third-order valence-corrected chi connectivity index (χ3v) is 4.65. The standard InChI is InChI=1S/C18H22N2O4/c1-3-24-18(22)15-11-20(12-6-8-13(23-2)9-7-12)17-14(16(15)21)5-4-10-19-17/h4-5,10-13H,3,6-9H2,1-2H3/t12-,13-. The van der Waals surface area contributed by atoms with E-state index in [9.17, 15) is 9.59 Å². The number of hydrogen-bond donors (Lipinski definition) is 0. The second kappa shape index (κ2) is 7.13. The summed E-state index contributed by atoms with van der Waals surface area (Å²) < 4.78 is 12.4. The number of rotatable bonds is 4. The summed E-state index contributed by atoms with van der Waals surface area (Å²) in [4.78, 5) is 29.2. The minimum atomic E-state index is -0.576. The van der Waals surface area contributed by atoms with E-state index in [0.717, 1.165) is 25.7 Å². The molecule has 0 bridgehead atoms. The number of methoxy groups -OCH3 is 1. The van der Waals surface area contributed by atoms with E-state index < -0.39 is 5.97 Å². The normalized spacial score (nSPS) is 20.9. The maximum absolute atomic E-state index is 12.6. The molecular weight excluding hydrogens is 308 g/mol. The molecule has 1 aliphatic rings. The predicted octanol–water partition coefficient (Wildman–Crippen LogP) is 2.70. The maximum Gasteiger partial charge on any atom is 0.343 e. The zero-order valence-electron chi connectivity index (χ0n) is 14.0. The van der Waals surface area contributed by atoms with E-state index in [4.69, 9.17) is 9.47 Å². The van der Waals surface area contributed by atoms with Crippen LogP contribution in [-0.2, 0) is 9.47 Å². The Hall–Kier alpha value is -2.21. The first-order valence-electron chi connectivity index (χ1n) is 8.35. The number of aromatic nitrogens is 2. The van der Waals surface area contributed by atoms with Crippen molar-refractivity contribution in [1.82, 2.24) is 9.55 Å². The van der Waals surface area contributed by atoms with E-state index in [1.807, 2.05) is 4.57 Å². The minimum Gasteiger partial charge on any atom is -0.462 e. The fourth-order valence-electron chi connectivity index (χ4n) is 3.38. The molecule has 2 aromatic heterocycles. The SMILES string of the molecule is CCOC(=O)c1cn([C@H]2CC[C@H](OC)CC2)c2ncccc2c1=O. The van der Waals surface area contributed by atoms with Gasteiger partial charge in [0.25, 0.3) is 0 Å².